The Morgan fingerprint density at radius 3 is 2.22 bits per heavy atom. The molecule has 8 heteroatoms. The van der Waals surface area contributed by atoms with Crippen LogP contribution >= 0.6 is 0 Å². The van der Waals surface area contributed by atoms with Crippen LogP contribution in [-0.2, 0) is 34.7 Å². The number of carbonyl (C=O) groups is 3. The number of nitrogens with one attached hydrogen (secondary N) is 1. The van der Waals surface area contributed by atoms with E-state index in [1.807, 2.05) is 44.2 Å². The van der Waals surface area contributed by atoms with Crippen molar-refractivity contribution < 1.29 is 28.3 Å². The number of esters is 2. The summed E-state index contributed by atoms with van der Waals surface area (Å²) in [4.78, 5) is 40.5. The van der Waals surface area contributed by atoms with E-state index in [9.17, 15) is 14.4 Å². The molecule has 232 valence electrons. The summed E-state index contributed by atoms with van der Waals surface area (Å²) in [7, 11) is -2.35. The molecule has 5 atom stereocenters. The first-order chi connectivity index (χ1) is 19.2. The Kier molecular flexibility index (Phi) is 13.6. The van der Waals surface area contributed by atoms with Crippen LogP contribution in [0.3, 0.4) is 0 Å². The minimum atomic E-state index is -2.35. The van der Waals surface area contributed by atoms with Crippen molar-refractivity contribution in [3.8, 4) is 0 Å². The quantitative estimate of drug-likeness (QED) is 0.170. The van der Waals surface area contributed by atoms with E-state index in [0.29, 0.717) is 12.8 Å². The lowest BCUT2D eigenvalue weighted by Gasteiger charge is -2.42. The van der Waals surface area contributed by atoms with Gasteiger partial charge in [0.2, 0.25) is 0 Å². The van der Waals surface area contributed by atoms with Gasteiger partial charge in [0.05, 0.1) is 24.5 Å². The van der Waals surface area contributed by atoms with E-state index in [-0.39, 0.29) is 23.3 Å². The fraction of sp³-hybridized carbons (Fsp3) is 0.727. The molecule has 0 radical (unpaired) electrons. The molecule has 0 spiro atoms. The van der Waals surface area contributed by atoms with Crippen molar-refractivity contribution in [2.45, 2.75) is 142 Å². The summed E-state index contributed by atoms with van der Waals surface area (Å²) < 4.78 is 18.8. The lowest BCUT2D eigenvalue weighted by atomic mass is 9.96. The normalized spacial score (nSPS) is 25.1. The second-order valence-electron chi connectivity index (χ2n) is 13.5. The molecule has 1 heterocycles. The molecule has 0 bridgehead atoms. The van der Waals surface area contributed by atoms with Gasteiger partial charge in [-0.25, -0.2) is 0 Å². The SMILES string of the molecule is CCCCCCC[C@H]1OC(=O)C[C@@H](O[Si](C)(C)C(C)(C)C)[C@H](Cc2ccccc2)NC(=O)[C@H](C(C)C)OC(=O)[C@H]1C. The fourth-order valence-corrected chi connectivity index (χ4v) is 6.21. The Bertz CT molecular complexity index is 974. The Morgan fingerprint density at radius 2 is 1.63 bits per heavy atom. The van der Waals surface area contributed by atoms with Crippen LogP contribution < -0.4 is 5.32 Å². The highest BCUT2D eigenvalue weighted by Crippen LogP contribution is 2.38. The van der Waals surface area contributed by atoms with Gasteiger partial charge in [-0.05, 0) is 55.8 Å². The minimum Gasteiger partial charge on any atom is -0.461 e. The Balaban J connectivity index is 2.49. The molecule has 0 aromatic heterocycles. The van der Waals surface area contributed by atoms with E-state index in [1.54, 1.807) is 6.92 Å². The molecule has 1 amide bonds. The summed E-state index contributed by atoms with van der Waals surface area (Å²) in [5.74, 6) is -2.21. The molecule has 2 rings (SSSR count). The molecule has 41 heavy (non-hydrogen) atoms. The van der Waals surface area contributed by atoms with Gasteiger partial charge in [0, 0.05) is 0 Å². The molecule has 0 aliphatic carbocycles. The van der Waals surface area contributed by atoms with Gasteiger partial charge in [0.25, 0.3) is 5.91 Å². The van der Waals surface area contributed by atoms with E-state index >= 15 is 0 Å². The number of rotatable bonds is 11. The number of carbonyl (C=O) groups excluding carboxylic acids is 3. The summed E-state index contributed by atoms with van der Waals surface area (Å²) in [5, 5.41) is 3.03. The predicted octanol–water partition coefficient (Wildman–Crippen LogP) is 6.98. The maximum atomic E-state index is 13.7. The third-order valence-electron chi connectivity index (χ3n) is 8.61. The van der Waals surface area contributed by atoms with Gasteiger partial charge in [-0.15, -0.1) is 0 Å². The lowest BCUT2D eigenvalue weighted by Crippen LogP contribution is -2.56. The minimum absolute atomic E-state index is 0.00919. The van der Waals surface area contributed by atoms with E-state index in [2.05, 4.69) is 46.1 Å². The summed E-state index contributed by atoms with van der Waals surface area (Å²) in [6.45, 7) is 18.4. The monoisotopic (exact) mass is 589 g/mol. The highest BCUT2D eigenvalue weighted by Gasteiger charge is 2.43. The lowest BCUT2D eigenvalue weighted by molar-refractivity contribution is -0.172. The maximum absolute atomic E-state index is 13.7. The number of ether oxygens (including phenoxy) is 2. The van der Waals surface area contributed by atoms with Crippen LogP contribution in [0.5, 0.6) is 0 Å². The van der Waals surface area contributed by atoms with Crippen molar-refractivity contribution in [1.29, 1.82) is 0 Å². The van der Waals surface area contributed by atoms with E-state index in [4.69, 9.17) is 13.9 Å². The van der Waals surface area contributed by atoms with Crippen molar-refractivity contribution in [2.24, 2.45) is 11.8 Å². The van der Waals surface area contributed by atoms with E-state index < -0.39 is 50.5 Å². The largest absolute Gasteiger partial charge is 0.461 e. The van der Waals surface area contributed by atoms with E-state index in [1.165, 1.54) is 0 Å². The topological polar surface area (TPSA) is 90.9 Å². The average molecular weight is 590 g/mol. The number of cyclic esters (lactones) is 2. The molecule has 1 N–H and O–H groups in total. The highest BCUT2D eigenvalue weighted by atomic mass is 28.4. The summed E-state index contributed by atoms with van der Waals surface area (Å²) in [5.41, 5.74) is 1.01. The predicted molar refractivity (Wildman–Crippen MR) is 166 cm³/mol. The van der Waals surface area contributed by atoms with Crippen molar-refractivity contribution >= 4 is 26.2 Å². The van der Waals surface area contributed by atoms with Crippen molar-refractivity contribution in [2.75, 3.05) is 0 Å². The van der Waals surface area contributed by atoms with Crippen molar-refractivity contribution in [1.82, 2.24) is 5.32 Å². The first kappa shape index (κ1) is 35.0. The molecular formula is C33H55NO6Si. The van der Waals surface area contributed by atoms with Crippen LogP contribution in [-0.4, -0.2) is 50.5 Å². The van der Waals surface area contributed by atoms with Gasteiger partial charge in [-0.1, -0.05) is 97.6 Å². The second-order valence-corrected chi connectivity index (χ2v) is 18.3. The molecule has 1 saturated heterocycles. The van der Waals surface area contributed by atoms with Crippen LogP contribution in [0.4, 0.5) is 0 Å². The average Bonchev–Trinajstić information content (AvgIpc) is 2.88. The number of benzene rings is 1. The van der Waals surface area contributed by atoms with Crippen molar-refractivity contribution in [3.05, 3.63) is 35.9 Å². The molecule has 1 aliphatic heterocycles. The number of hydrogen-bond donors (Lipinski definition) is 1. The molecule has 7 nitrogen and oxygen atoms in total. The van der Waals surface area contributed by atoms with Gasteiger partial charge < -0.3 is 19.2 Å². The molecule has 1 aromatic rings. The van der Waals surface area contributed by atoms with Crippen LogP contribution in [0.25, 0.3) is 0 Å². The van der Waals surface area contributed by atoms with Crippen LogP contribution in [0.15, 0.2) is 30.3 Å². The molecule has 0 unspecified atom stereocenters. The zero-order valence-electron chi connectivity index (χ0n) is 27.0. The van der Waals surface area contributed by atoms with Crippen molar-refractivity contribution in [3.63, 3.8) is 0 Å². The van der Waals surface area contributed by atoms with Gasteiger partial charge in [-0.2, -0.15) is 0 Å². The Hall–Kier alpha value is -2.19. The highest BCUT2D eigenvalue weighted by molar-refractivity contribution is 6.74. The van der Waals surface area contributed by atoms with Crippen LogP contribution in [0, 0.1) is 11.8 Å². The third-order valence-corrected chi connectivity index (χ3v) is 13.1. The third kappa shape index (κ3) is 10.9. The zero-order valence-corrected chi connectivity index (χ0v) is 28.0. The molecular weight excluding hydrogens is 534 g/mol. The van der Waals surface area contributed by atoms with Crippen LogP contribution in [0.2, 0.25) is 18.1 Å². The number of unbranched alkanes of at least 4 members (excludes halogenated alkanes) is 4. The van der Waals surface area contributed by atoms with Gasteiger partial charge >= 0.3 is 11.9 Å². The smallest absolute Gasteiger partial charge is 0.313 e. The molecule has 0 saturated carbocycles. The van der Waals surface area contributed by atoms with E-state index in [0.717, 1.165) is 37.7 Å². The standard InChI is InChI=1S/C33H55NO6Si/c1-10-11-12-13-17-20-27-24(4)32(37)39-30(23(2)3)31(36)34-26(21-25-18-15-14-16-19-25)28(22-29(35)38-27)40-41(8,9)33(5,6)7/h14-16,18-19,23-24,26-28,30H,10-13,17,20-22H2,1-9H3,(H,34,36)/t24-,26-,27+,28+,30-/m0/s1. The zero-order chi connectivity index (χ0) is 30.8. The second kappa shape index (κ2) is 15.9. The summed E-state index contributed by atoms with van der Waals surface area (Å²) in [6.07, 6.45) is 4.12. The molecule has 1 aromatic carbocycles. The summed E-state index contributed by atoms with van der Waals surface area (Å²) in [6, 6.07) is 9.34. The van der Waals surface area contributed by atoms with Gasteiger partial charge in [0.1, 0.15) is 6.10 Å². The van der Waals surface area contributed by atoms with Gasteiger partial charge in [-0.3, -0.25) is 14.4 Å². The summed E-state index contributed by atoms with van der Waals surface area (Å²) >= 11 is 0. The van der Waals surface area contributed by atoms with Gasteiger partial charge in [0.15, 0.2) is 14.4 Å². The number of hydrogen-bond acceptors (Lipinski definition) is 6. The molecule has 1 aliphatic rings. The maximum Gasteiger partial charge on any atom is 0.313 e. The fourth-order valence-electron chi connectivity index (χ4n) is 4.85. The Labute approximate surface area is 249 Å². The Morgan fingerprint density at radius 1 is 1.00 bits per heavy atom. The molecule has 1 fully saturated rings. The first-order valence-electron chi connectivity index (χ1n) is 15.6. The first-order valence-corrected chi connectivity index (χ1v) is 18.5. The van der Waals surface area contributed by atoms with Crippen LogP contribution in [0.1, 0.15) is 99.0 Å². The number of amides is 1.